The minimum Gasteiger partial charge on any atom is -0.497 e. The van der Waals surface area contributed by atoms with E-state index in [2.05, 4.69) is 24.1 Å². The average Bonchev–Trinajstić information content (AvgIpc) is 3.02. The summed E-state index contributed by atoms with van der Waals surface area (Å²) in [5.41, 5.74) is 1.84. The number of benzene rings is 2. The lowest BCUT2D eigenvalue weighted by Gasteiger charge is -2.13. The van der Waals surface area contributed by atoms with E-state index in [1.165, 1.54) is 0 Å². The highest BCUT2D eigenvalue weighted by Gasteiger charge is 2.20. The predicted octanol–water partition coefficient (Wildman–Crippen LogP) is 6.44. The maximum atomic E-state index is 12.6. The number of aryl methyl sites for hydroxylation is 2. The Labute approximate surface area is 192 Å². The van der Waals surface area contributed by atoms with E-state index >= 15 is 0 Å². The summed E-state index contributed by atoms with van der Waals surface area (Å²) in [4.78, 5) is 12.6. The number of amides is 1. The molecule has 1 unspecified atom stereocenters. The molecule has 1 N–H and O–H groups in total. The van der Waals surface area contributed by atoms with Crippen LogP contribution >= 0.6 is 11.6 Å². The van der Waals surface area contributed by atoms with Gasteiger partial charge in [0.15, 0.2) is 11.8 Å². The van der Waals surface area contributed by atoms with E-state index in [1.54, 1.807) is 42.9 Å². The summed E-state index contributed by atoms with van der Waals surface area (Å²) in [5, 5.41) is 20.0. The fourth-order valence-corrected chi connectivity index (χ4v) is 3.53. The molecule has 1 amide bonds. The molecule has 0 spiro atoms. The number of carbonyl (C=O) groups is 1. The molecular formula is C24H28ClN3O4. The number of aromatic nitrogens is 1. The van der Waals surface area contributed by atoms with Crippen LogP contribution in [0.25, 0.3) is 10.9 Å². The third kappa shape index (κ3) is 5.22. The lowest BCUT2D eigenvalue weighted by atomic mass is 10.1. The van der Waals surface area contributed by atoms with Crippen LogP contribution in [0, 0.1) is 12.8 Å². The van der Waals surface area contributed by atoms with Gasteiger partial charge in [-0.25, -0.2) is 0 Å². The molecule has 8 heteroatoms. The van der Waals surface area contributed by atoms with Crippen molar-refractivity contribution in [3.05, 3.63) is 47.0 Å². The lowest BCUT2D eigenvalue weighted by molar-refractivity contribution is -0.124. The fourth-order valence-electron chi connectivity index (χ4n) is 3.31. The Morgan fingerprint density at radius 1 is 1.19 bits per heavy atom. The van der Waals surface area contributed by atoms with Crippen molar-refractivity contribution in [2.45, 2.75) is 46.8 Å². The van der Waals surface area contributed by atoms with Gasteiger partial charge < -0.3 is 19.1 Å². The maximum absolute atomic E-state index is 12.6. The van der Waals surface area contributed by atoms with E-state index < -0.39 is 12.0 Å². The second kappa shape index (κ2) is 10.0. The van der Waals surface area contributed by atoms with Crippen LogP contribution in [0.4, 0.5) is 5.69 Å². The molecule has 0 aliphatic rings. The van der Waals surface area contributed by atoms with Gasteiger partial charge in [-0.2, -0.15) is 0 Å². The van der Waals surface area contributed by atoms with Gasteiger partial charge in [0.1, 0.15) is 11.5 Å². The summed E-state index contributed by atoms with van der Waals surface area (Å²) in [6.45, 7) is 8.30. The zero-order valence-corrected chi connectivity index (χ0v) is 19.7. The number of carbonyl (C=O) groups excluding carboxylic acids is 1. The summed E-state index contributed by atoms with van der Waals surface area (Å²) in [5.74, 6) is 1.03. The zero-order chi connectivity index (χ0) is 23.4. The molecule has 0 saturated heterocycles. The highest BCUT2D eigenvalue weighted by atomic mass is 35.5. The van der Waals surface area contributed by atoms with Crippen molar-refractivity contribution in [3.63, 3.8) is 0 Å². The van der Waals surface area contributed by atoms with E-state index in [4.69, 9.17) is 21.1 Å². The average molecular weight is 458 g/mol. The predicted molar refractivity (Wildman–Crippen MR) is 125 cm³/mol. The minimum absolute atomic E-state index is 0.0347. The molecule has 0 aliphatic carbocycles. The molecule has 0 saturated carbocycles. The zero-order valence-electron chi connectivity index (χ0n) is 18.9. The van der Waals surface area contributed by atoms with Crippen molar-refractivity contribution < 1.29 is 19.4 Å². The number of fused-ring (bicyclic) bond motifs is 1. The molecule has 2 aromatic carbocycles. The monoisotopic (exact) mass is 457 g/mol. The molecule has 1 aromatic heterocycles. The van der Waals surface area contributed by atoms with Gasteiger partial charge >= 0.3 is 5.91 Å². The van der Waals surface area contributed by atoms with Crippen molar-refractivity contribution in [2.24, 2.45) is 16.1 Å². The van der Waals surface area contributed by atoms with Crippen molar-refractivity contribution >= 4 is 34.1 Å². The van der Waals surface area contributed by atoms with Gasteiger partial charge in [0.2, 0.25) is 5.88 Å². The Hall–Kier alpha value is -3.06. The summed E-state index contributed by atoms with van der Waals surface area (Å²) >= 11 is 5.97. The molecule has 1 heterocycles. The number of aromatic hydroxyl groups is 1. The standard InChI is InChI=1S/C24H28ClN3O4/c1-14(2)10-11-28-20-8-7-18(31-5)13-19(20)22(24(28)30)26-27-23(29)16(4)32-21-9-6-17(25)12-15(21)3/h6-9,12-14,16,30H,10-11H2,1-5H3. The summed E-state index contributed by atoms with van der Waals surface area (Å²) in [6.07, 6.45) is 0.0223. The quantitative estimate of drug-likeness (QED) is 0.394. The topological polar surface area (TPSA) is 85.4 Å². The van der Waals surface area contributed by atoms with Crippen LogP contribution in [-0.4, -0.2) is 28.8 Å². The van der Waals surface area contributed by atoms with Crippen LogP contribution in [0.3, 0.4) is 0 Å². The molecule has 170 valence electrons. The van der Waals surface area contributed by atoms with Crippen LogP contribution in [0.5, 0.6) is 17.4 Å². The third-order valence-electron chi connectivity index (χ3n) is 5.18. The number of ether oxygens (including phenoxy) is 2. The molecule has 0 bridgehead atoms. The number of halogens is 1. The molecule has 32 heavy (non-hydrogen) atoms. The first-order valence-corrected chi connectivity index (χ1v) is 10.9. The highest BCUT2D eigenvalue weighted by molar-refractivity contribution is 6.30. The van der Waals surface area contributed by atoms with Crippen molar-refractivity contribution in [2.75, 3.05) is 7.11 Å². The number of rotatable bonds is 8. The van der Waals surface area contributed by atoms with Gasteiger partial charge in [0.25, 0.3) is 0 Å². The lowest BCUT2D eigenvalue weighted by Crippen LogP contribution is -2.21. The van der Waals surface area contributed by atoms with Crippen molar-refractivity contribution in [1.29, 1.82) is 0 Å². The highest BCUT2D eigenvalue weighted by Crippen LogP contribution is 2.41. The number of hydrogen-bond donors (Lipinski definition) is 1. The molecule has 3 aromatic rings. The molecule has 0 radical (unpaired) electrons. The minimum atomic E-state index is -0.857. The molecule has 0 aliphatic heterocycles. The van der Waals surface area contributed by atoms with E-state index in [0.717, 1.165) is 17.5 Å². The summed E-state index contributed by atoms with van der Waals surface area (Å²) < 4.78 is 12.8. The van der Waals surface area contributed by atoms with Gasteiger partial charge in [-0.05, 0) is 68.1 Å². The van der Waals surface area contributed by atoms with Crippen LogP contribution in [0.15, 0.2) is 46.6 Å². The largest absolute Gasteiger partial charge is 0.497 e. The third-order valence-corrected chi connectivity index (χ3v) is 5.42. The Bertz CT molecular complexity index is 1150. The van der Waals surface area contributed by atoms with Crippen LogP contribution in [0.2, 0.25) is 5.02 Å². The molecular weight excluding hydrogens is 430 g/mol. The second-order valence-electron chi connectivity index (χ2n) is 8.10. The molecule has 1 atom stereocenters. The normalized spacial score (nSPS) is 12.6. The van der Waals surface area contributed by atoms with Crippen LogP contribution < -0.4 is 9.47 Å². The Morgan fingerprint density at radius 3 is 2.59 bits per heavy atom. The van der Waals surface area contributed by atoms with Gasteiger partial charge in [0, 0.05) is 17.0 Å². The summed E-state index contributed by atoms with van der Waals surface area (Å²) in [7, 11) is 1.57. The second-order valence-corrected chi connectivity index (χ2v) is 8.53. The Morgan fingerprint density at radius 2 is 1.94 bits per heavy atom. The SMILES string of the molecule is COc1ccc2c(c1)c(N=NC(=O)C(C)Oc1ccc(Cl)cc1C)c(O)n2CCC(C)C. The summed E-state index contributed by atoms with van der Waals surface area (Å²) in [6, 6.07) is 10.6. The van der Waals surface area contributed by atoms with Crippen molar-refractivity contribution in [3.8, 4) is 17.4 Å². The Kier molecular flexibility index (Phi) is 7.40. The van der Waals surface area contributed by atoms with E-state index in [9.17, 15) is 9.90 Å². The first kappa shape index (κ1) is 23.6. The van der Waals surface area contributed by atoms with Crippen molar-refractivity contribution in [1.82, 2.24) is 4.57 Å². The Balaban J connectivity index is 1.89. The van der Waals surface area contributed by atoms with Crippen LogP contribution in [-0.2, 0) is 11.3 Å². The smallest absolute Gasteiger partial charge is 0.304 e. The fraction of sp³-hybridized carbons (Fsp3) is 0.375. The number of nitrogens with zero attached hydrogens (tertiary/aromatic N) is 3. The van der Waals surface area contributed by atoms with E-state index in [0.29, 0.717) is 34.4 Å². The molecule has 3 rings (SSSR count). The number of methoxy groups -OCH3 is 1. The van der Waals surface area contributed by atoms with Gasteiger partial charge in [-0.1, -0.05) is 25.4 Å². The number of hydrogen-bond acceptors (Lipinski definition) is 5. The van der Waals surface area contributed by atoms with Gasteiger partial charge in [0.05, 0.1) is 12.6 Å². The first-order chi connectivity index (χ1) is 15.2. The van der Waals surface area contributed by atoms with Crippen LogP contribution in [0.1, 0.15) is 32.8 Å². The first-order valence-electron chi connectivity index (χ1n) is 10.5. The molecule has 7 nitrogen and oxygen atoms in total. The number of azo groups is 1. The molecule has 0 fully saturated rings. The van der Waals surface area contributed by atoms with Gasteiger partial charge in [-0.15, -0.1) is 10.2 Å². The van der Waals surface area contributed by atoms with Gasteiger partial charge in [-0.3, -0.25) is 4.79 Å². The maximum Gasteiger partial charge on any atom is 0.304 e. The van der Waals surface area contributed by atoms with E-state index in [-0.39, 0.29) is 11.6 Å². The van der Waals surface area contributed by atoms with E-state index in [1.807, 2.05) is 19.1 Å².